The van der Waals surface area contributed by atoms with Gasteiger partial charge in [-0.2, -0.15) is 0 Å². The summed E-state index contributed by atoms with van der Waals surface area (Å²) in [6.45, 7) is 2.14. The average Bonchev–Trinajstić information content (AvgIpc) is 2.96. The second kappa shape index (κ2) is 5.45. The molecule has 2 heterocycles. The largest absolute Gasteiger partial charge is 0.356 e. The highest BCUT2D eigenvalue weighted by Crippen LogP contribution is 2.25. The predicted molar refractivity (Wildman–Crippen MR) is 78.2 cm³/mol. The summed E-state index contributed by atoms with van der Waals surface area (Å²) in [6.07, 6.45) is 4.06. The molecule has 1 aromatic carbocycles. The number of hydrogen-bond donors (Lipinski definition) is 1. The Bertz CT molecular complexity index is 567. The Labute approximate surface area is 117 Å². The molecule has 19 heavy (non-hydrogen) atoms. The zero-order valence-corrected chi connectivity index (χ0v) is 11.3. The highest BCUT2D eigenvalue weighted by Gasteiger charge is 2.14. The predicted octanol–water partition coefficient (Wildman–Crippen LogP) is 3.47. The Morgan fingerprint density at radius 1 is 1.11 bits per heavy atom. The maximum absolute atomic E-state index is 6.12. The molecular weight excluding hydrogens is 260 g/mol. The highest BCUT2D eigenvalue weighted by atomic mass is 35.5. The molecule has 0 aliphatic carbocycles. The van der Waals surface area contributed by atoms with Gasteiger partial charge in [-0.15, -0.1) is 0 Å². The summed E-state index contributed by atoms with van der Waals surface area (Å²) in [5.74, 6) is 1.74. The molecule has 1 fully saturated rings. The third-order valence-corrected chi connectivity index (χ3v) is 3.55. The van der Waals surface area contributed by atoms with Crippen molar-refractivity contribution < 1.29 is 0 Å². The van der Waals surface area contributed by atoms with Gasteiger partial charge in [-0.05, 0) is 25.0 Å². The van der Waals surface area contributed by atoms with E-state index in [-0.39, 0.29) is 0 Å². The number of nitrogens with one attached hydrogen (secondary N) is 1. The van der Waals surface area contributed by atoms with Gasteiger partial charge in [-0.1, -0.05) is 23.7 Å². The molecule has 1 aromatic heterocycles. The minimum atomic E-state index is 0.684. The number of halogens is 1. The molecule has 4 nitrogen and oxygen atoms in total. The lowest BCUT2D eigenvalue weighted by Gasteiger charge is -2.16. The Kier molecular flexibility index (Phi) is 3.51. The molecular formula is C14H15ClN4. The molecule has 3 rings (SSSR count). The van der Waals surface area contributed by atoms with Gasteiger partial charge in [-0.3, -0.25) is 0 Å². The molecule has 0 unspecified atom stereocenters. The average molecular weight is 275 g/mol. The first kappa shape index (κ1) is 12.2. The fourth-order valence-corrected chi connectivity index (χ4v) is 2.42. The van der Waals surface area contributed by atoms with Gasteiger partial charge in [0.2, 0.25) is 0 Å². The number of rotatable bonds is 3. The quantitative estimate of drug-likeness (QED) is 0.930. The maximum Gasteiger partial charge on any atom is 0.135 e. The molecule has 98 valence electrons. The summed E-state index contributed by atoms with van der Waals surface area (Å²) < 4.78 is 0. The number of para-hydroxylation sites is 1. The third kappa shape index (κ3) is 2.79. The van der Waals surface area contributed by atoms with Crippen molar-refractivity contribution in [2.24, 2.45) is 0 Å². The second-order valence-electron chi connectivity index (χ2n) is 4.56. The number of aromatic nitrogens is 2. The van der Waals surface area contributed by atoms with Crippen LogP contribution in [0.2, 0.25) is 5.02 Å². The van der Waals surface area contributed by atoms with Crippen LogP contribution in [0.3, 0.4) is 0 Å². The van der Waals surface area contributed by atoms with E-state index in [1.807, 2.05) is 30.3 Å². The lowest BCUT2D eigenvalue weighted by molar-refractivity contribution is 0.928. The van der Waals surface area contributed by atoms with E-state index in [4.69, 9.17) is 11.6 Å². The van der Waals surface area contributed by atoms with Gasteiger partial charge in [0.1, 0.15) is 18.0 Å². The second-order valence-corrected chi connectivity index (χ2v) is 4.97. The number of anilines is 3. The molecule has 1 aliphatic heterocycles. The van der Waals surface area contributed by atoms with Crippen molar-refractivity contribution in [3.05, 3.63) is 41.7 Å². The van der Waals surface area contributed by atoms with Gasteiger partial charge >= 0.3 is 0 Å². The Morgan fingerprint density at radius 2 is 1.89 bits per heavy atom. The summed E-state index contributed by atoms with van der Waals surface area (Å²) in [4.78, 5) is 10.8. The maximum atomic E-state index is 6.12. The topological polar surface area (TPSA) is 41.0 Å². The lowest BCUT2D eigenvalue weighted by atomic mass is 10.3. The van der Waals surface area contributed by atoms with Crippen LogP contribution in [0.1, 0.15) is 12.8 Å². The van der Waals surface area contributed by atoms with E-state index in [1.165, 1.54) is 12.8 Å². The summed E-state index contributed by atoms with van der Waals surface area (Å²) in [5.41, 5.74) is 0.857. The van der Waals surface area contributed by atoms with Crippen LogP contribution in [-0.2, 0) is 0 Å². The first-order chi connectivity index (χ1) is 9.33. The molecule has 0 radical (unpaired) electrons. The Hall–Kier alpha value is -1.81. The summed E-state index contributed by atoms with van der Waals surface area (Å²) in [5, 5.41) is 3.91. The van der Waals surface area contributed by atoms with Crippen LogP contribution < -0.4 is 10.2 Å². The van der Waals surface area contributed by atoms with Crippen LogP contribution in [0.25, 0.3) is 0 Å². The van der Waals surface area contributed by atoms with Crippen LogP contribution in [0.5, 0.6) is 0 Å². The number of nitrogens with zero attached hydrogens (tertiary/aromatic N) is 3. The Morgan fingerprint density at radius 3 is 2.68 bits per heavy atom. The van der Waals surface area contributed by atoms with Gasteiger partial charge in [0, 0.05) is 19.2 Å². The first-order valence-corrected chi connectivity index (χ1v) is 6.79. The molecule has 1 saturated heterocycles. The van der Waals surface area contributed by atoms with Gasteiger partial charge in [0.05, 0.1) is 10.7 Å². The van der Waals surface area contributed by atoms with Crippen molar-refractivity contribution in [1.82, 2.24) is 9.97 Å². The lowest BCUT2D eigenvalue weighted by Crippen LogP contribution is -2.19. The van der Waals surface area contributed by atoms with Crippen molar-refractivity contribution in [2.45, 2.75) is 12.8 Å². The Balaban J connectivity index is 1.81. The number of hydrogen-bond acceptors (Lipinski definition) is 4. The van der Waals surface area contributed by atoms with E-state index < -0.39 is 0 Å². The molecule has 0 amide bonds. The smallest absolute Gasteiger partial charge is 0.135 e. The summed E-state index contributed by atoms with van der Waals surface area (Å²) >= 11 is 6.12. The molecule has 1 aliphatic rings. The molecule has 5 heteroatoms. The molecule has 2 aromatic rings. The van der Waals surface area contributed by atoms with Crippen molar-refractivity contribution in [2.75, 3.05) is 23.3 Å². The fourth-order valence-electron chi connectivity index (χ4n) is 2.24. The highest BCUT2D eigenvalue weighted by molar-refractivity contribution is 6.33. The van der Waals surface area contributed by atoms with Crippen LogP contribution in [0.15, 0.2) is 36.7 Å². The van der Waals surface area contributed by atoms with Gasteiger partial charge in [0.25, 0.3) is 0 Å². The number of benzene rings is 1. The molecule has 0 spiro atoms. The normalized spacial score (nSPS) is 14.7. The van der Waals surface area contributed by atoms with Gasteiger partial charge in [0.15, 0.2) is 0 Å². The molecule has 0 bridgehead atoms. The van der Waals surface area contributed by atoms with E-state index in [0.717, 1.165) is 30.4 Å². The monoisotopic (exact) mass is 274 g/mol. The fraction of sp³-hybridized carbons (Fsp3) is 0.286. The van der Waals surface area contributed by atoms with Gasteiger partial charge in [-0.25, -0.2) is 9.97 Å². The van der Waals surface area contributed by atoms with E-state index in [2.05, 4.69) is 20.2 Å². The third-order valence-electron chi connectivity index (χ3n) is 3.22. The van der Waals surface area contributed by atoms with Crippen LogP contribution in [0.4, 0.5) is 17.3 Å². The minimum Gasteiger partial charge on any atom is -0.356 e. The zero-order chi connectivity index (χ0) is 13.1. The first-order valence-electron chi connectivity index (χ1n) is 6.41. The van der Waals surface area contributed by atoms with Crippen LogP contribution >= 0.6 is 11.6 Å². The zero-order valence-electron chi connectivity index (χ0n) is 10.5. The van der Waals surface area contributed by atoms with Crippen molar-refractivity contribution in [3.8, 4) is 0 Å². The van der Waals surface area contributed by atoms with Crippen molar-refractivity contribution in [3.63, 3.8) is 0 Å². The molecule has 0 saturated carbocycles. The summed E-state index contributed by atoms with van der Waals surface area (Å²) in [6, 6.07) is 9.60. The van der Waals surface area contributed by atoms with E-state index in [1.54, 1.807) is 6.33 Å². The minimum absolute atomic E-state index is 0.684. The standard InChI is InChI=1S/C14H15ClN4/c15-11-5-1-2-6-12(11)18-13-9-14(17-10-16-13)19-7-3-4-8-19/h1-2,5-6,9-10H,3-4,7-8H2,(H,16,17,18). The van der Waals surface area contributed by atoms with Crippen molar-refractivity contribution in [1.29, 1.82) is 0 Å². The van der Waals surface area contributed by atoms with E-state index in [0.29, 0.717) is 5.02 Å². The van der Waals surface area contributed by atoms with Crippen LogP contribution in [-0.4, -0.2) is 23.1 Å². The molecule has 1 N–H and O–H groups in total. The molecule has 0 atom stereocenters. The van der Waals surface area contributed by atoms with Gasteiger partial charge < -0.3 is 10.2 Å². The van der Waals surface area contributed by atoms with Crippen molar-refractivity contribution >= 4 is 28.9 Å². The SMILES string of the molecule is Clc1ccccc1Nc1cc(N2CCCC2)ncn1. The van der Waals surface area contributed by atoms with Crippen LogP contribution in [0, 0.1) is 0 Å². The van der Waals surface area contributed by atoms with E-state index in [9.17, 15) is 0 Å². The summed E-state index contributed by atoms with van der Waals surface area (Å²) in [7, 11) is 0. The van der Waals surface area contributed by atoms with E-state index >= 15 is 0 Å².